The van der Waals surface area contributed by atoms with Gasteiger partial charge in [-0.2, -0.15) is 0 Å². The van der Waals surface area contributed by atoms with Gasteiger partial charge in [0.15, 0.2) is 0 Å². The summed E-state index contributed by atoms with van der Waals surface area (Å²) in [5.41, 5.74) is 0.802. The highest BCUT2D eigenvalue weighted by atomic mass is 19.1. The van der Waals surface area contributed by atoms with Crippen LogP contribution >= 0.6 is 0 Å². The van der Waals surface area contributed by atoms with E-state index < -0.39 is 11.9 Å². The number of halogens is 1. The Morgan fingerprint density at radius 2 is 1.80 bits per heavy atom. The van der Waals surface area contributed by atoms with Crippen molar-refractivity contribution in [3.8, 4) is 0 Å². The van der Waals surface area contributed by atoms with E-state index in [1.807, 2.05) is 0 Å². The van der Waals surface area contributed by atoms with E-state index in [-0.39, 0.29) is 24.4 Å². The minimum atomic E-state index is -0.636. The second-order valence-corrected chi connectivity index (χ2v) is 6.85. The van der Waals surface area contributed by atoms with E-state index in [2.05, 4.69) is 4.90 Å². The topological polar surface area (TPSA) is 64.1 Å². The first-order chi connectivity index (χ1) is 11.9. The molecule has 0 saturated carbocycles. The van der Waals surface area contributed by atoms with Gasteiger partial charge in [0.2, 0.25) is 5.91 Å². The Bertz CT molecular complexity index is 674. The van der Waals surface area contributed by atoms with Crippen LogP contribution in [0.5, 0.6) is 0 Å². The number of rotatable bonds is 2. The van der Waals surface area contributed by atoms with Gasteiger partial charge in [0.05, 0.1) is 12.1 Å². The number of hydrogen-bond acceptors (Lipinski definition) is 4. The lowest BCUT2D eigenvalue weighted by atomic mass is 10.1. The minimum absolute atomic E-state index is 0.0600. The maximum Gasteiger partial charge on any atom is 0.254 e. The van der Waals surface area contributed by atoms with Crippen molar-refractivity contribution in [2.24, 2.45) is 0 Å². The number of likely N-dealkylation sites (tertiary alicyclic amines) is 1. The molecular formula is C18H24FN3O3. The van der Waals surface area contributed by atoms with E-state index in [4.69, 9.17) is 0 Å². The summed E-state index contributed by atoms with van der Waals surface area (Å²) >= 11 is 0. The maximum absolute atomic E-state index is 13.7. The van der Waals surface area contributed by atoms with Crippen LogP contribution in [0.1, 0.15) is 22.8 Å². The number of nitrogens with zero attached hydrogens (tertiary/aromatic N) is 3. The summed E-state index contributed by atoms with van der Waals surface area (Å²) in [6, 6.07) is 4.32. The van der Waals surface area contributed by atoms with Crippen LogP contribution in [-0.2, 0) is 4.79 Å². The number of aliphatic hydroxyl groups is 1. The monoisotopic (exact) mass is 349 g/mol. The Labute approximate surface area is 146 Å². The summed E-state index contributed by atoms with van der Waals surface area (Å²) in [4.78, 5) is 29.5. The van der Waals surface area contributed by atoms with E-state index in [1.54, 1.807) is 35.8 Å². The molecule has 2 aliphatic heterocycles. The molecule has 2 amide bonds. The highest BCUT2D eigenvalue weighted by Crippen LogP contribution is 2.21. The number of piperazine rings is 1. The summed E-state index contributed by atoms with van der Waals surface area (Å²) in [5.74, 6) is -0.602. The molecule has 136 valence electrons. The lowest BCUT2D eigenvalue weighted by Crippen LogP contribution is -2.54. The van der Waals surface area contributed by atoms with Crippen LogP contribution in [0.4, 0.5) is 4.39 Å². The number of β-amino-alcohol motifs (C(OH)–C–C–N with tert-alkyl or cyclic N) is 1. The van der Waals surface area contributed by atoms with E-state index in [0.29, 0.717) is 43.9 Å². The second-order valence-electron chi connectivity index (χ2n) is 6.85. The zero-order valence-electron chi connectivity index (χ0n) is 14.6. The zero-order chi connectivity index (χ0) is 18.1. The number of amides is 2. The molecule has 6 nitrogen and oxygen atoms in total. The molecular weight excluding hydrogens is 325 g/mol. The Morgan fingerprint density at radius 1 is 1.12 bits per heavy atom. The lowest BCUT2D eigenvalue weighted by molar-refractivity contribution is -0.131. The van der Waals surface area contributed by atoms with Gasteiger partial charge in [-0.3, -0.25) is 14.5 Å². The highest BCUT2D eigenvalue weighted by molar-refractivity contribution is 5.94. The van der Waals surface area contributed by atoms with Crippen LogP contribution in [-0.4, -0.2) is 83.0 Å². The molecule has 25 heavy (non-hydrogen) atoms. The molecule has 1 aromatic carbocycles. The zero-order valence-corrected chi connectivity index (χ0v) is 14.6. The van der Waals surface area contributed by atoms with Gasteiger partial charge in [-0.05, 0) is 24.6 Å². The predicted octanol–water partition coefficient (Wildman–Crippen LogP) is 0.484. The van der Waals surface area contributed by atoms with Crippen LogP contribution < -0.4 is 0 Å². The molecule has 0 spiro atoms. The molecule has 2 heterocycles. The first-order valence-corrected chi connectivity index (χ1v) is 8.60. The molecule has 7 heteroatoms. The molecule has 0 aliphatic carbocycles. The molecule has 0 bridgehead atoms. The molecule has 0 radical (unpaired) electrons. The van der Waals surface area contributed by atoms with Gasteiger partial charge in [-0.1, -0.05) is 6.07 Å². The average molecular weight is 349 g/mol. The van der Waals surface area contributed by atoms with Crippen LogP contribution in [0.3, 0.4) is 0 Å². The smallest absolute Gasteiger partial charge is 0.254 e. The molecule has 2 aliphatic rings. The number of aryl methyl sites for hydroxylation is 1. The Balaban J connectivity index is 1.64. The van der Waals surface area contributed by atoms with Gasteiger partial charge in [0, 0.05) is 51.8 Å². The second kappa shape index (κ2) is 7.09. The van der Waals surface area contributed by atoms with Crippen molar-refractivity contribution in [3.63, 3.8) is 0 Å². The van der Waals surface area contributed by atoms with Crippen molar-refractivity contribution in [3.05, 3.63) is 35.1 Å². The SMILES string of the molecule is CC(=O)N1CCN([C@@H]2CN(C(=O)c3ccc(C)c(F)c3)C[C@H]2O)CC1. The predicted molar refractivity (Wildman–Crippen MR) is 90.7 cm³/mol. The summed E-state index contributed by atoms with van der Waals surface area (Å²) in [7, 11) is 0. The van der Waals surface area contributed by atoms with Gasteiger partial charge < -0.3 is 14.9 Å². The first-order valence-electron chi connectivity index (χ1n) is 8.60. The van der Waals surface area contributed by atoms with Crippen molar-refractivity contribution < 1.29 is 19.1 Å². The fraction of sp³-hybridized carbons (Fsp3) is 0.556. The fourth-order valence-corrected chi connectivity index (χ4v) is 3.57. The highest BCUT2D eigenvalue weighted by Gasteiger charge is 2.39. The molecule has 2 fully saturated rings. The molecule has 1 aromatic rings. The van der Waals surface area contributed by atoms with Crippen LogP contribution in [0.25, 0.3) is 0 Å². The van der Waals surface area contributed by atoms with Crippen molar-refractivity contribution in [1.29, 1.82) is 0 Å². The molecule has 2 saturated heterocycles. The van der Waals surface area contributed by atoms with E-state index in [9.17, 15) is 19.1 Å². The van der Waals surface area contributed by atoms with Gasteiger partial charge in [0.25, 0.3) is 5.91 Å². The number of benzene rings is 1. The van der Waals surface area contributed by atoms with Gasteiger partial charge in [0.1, 0.15) is 5.82 Å². The number of aliphatic hydroxyl groups excluding tert-OH is 1. The number of carbonyl (C=O) groups is 2. The fourth-order valence-electron chi connectivity index (χ4n) is 3.57. The Kier molecular flexibility index (Phi) is 5.06. The summed E-state index contributed by atoms with van der Waals surface area (Å²) in [6.45, 7) is 6.50. The normalized spacial score (nSPS) is 24.6. The molecule has 0 aromatic heterocycles. The summed E-state index contributed by atoms with van der Waals surface area (Å²) in [6.07, 6.45) is -0.636. The van der Waals surface area contributed by atoms with Crippen molar-refractivity contribution in [2.75, 3.05) is 39.3 Å². The van der Waals surface area contributed by atoms with Crippen molar-refractivity contribution in [2.45, 2.75) is 26.0 Å². The van der Waals surface area contributed by atoms with E-state index >= 15 is 0 Å². The van der Waals surface area contributed by atoms with Gasteiger partial charge in [-0.25, -0.2) is 4.39 Å². The lowest BCUT2D eigenvalue weighted by Gasteiger charge is -2.38. The van der Waals surface area contributed by atoms with E-state index in [1.165, 1.54) is 6.07 Å². The van der Waals surface area contributed by atoms with E-state index in [0.717, 1.165) is 0 Å². The van der Waals surface area contributed by atoms with Crippen LogP contribution in [0.2, 0.25) is 0 Å². The third kappa shape index (κ3) is 3.67. The molecule has 0 unspecified atom stereocenters. The average Bonchev–Trinajstić information content (AvgIpc) is 2.98. The van der Waals surface area contributed by atoms with Crippen molar-refractivity contribution in [1.82, 2.24) is 14.7 Å². The quantitative estimate of drug-likeness (QED) is 0.844. The third-order valence-electron chi connectivity index (χ3n) is 5.19. The van der Waals surface area contributed by atoms with Gasteiger partial charge >= 0.3 is 0 Å². The maximum atomic E-state index is 13.7. The van der Waals surface area contributed by atoms with Gasteiger partial charge in [-0.15, -0.1) is 0 Å². The molecule has 2 atom stereocenters. The first kappa shape index (κ1) is 17.8. The minimum Gasteiger partial charge on any atom is -0.390 e. The third-order valence-corrected chi connectivity index (χ3v) is 5.19. The summed E-state index contributed by atoms with van der Waals surface area (Å²) < 4.78 is 13.7. The summed E-state index contributed by atoms with van der Waals surface area (Å²) in [5, 5.41) is 10.4. The standard InChI is InChI=1S/C18H24FN3O3/c1-12-3-4-14(9-15(12)19)18(25)22-10-16(17(24)11-22)21-7-5-20(6-8-21)13(2)23/h3-4,9,16-17,24H,5-8,10-11H2,1-2H3/t16-,17-/m1/s1. The molecule has 1 N–H and O–H groups in total. The Hall–Kier alpha value is -1.99. The van der Waals surface area contributed by atoms with Crippen LogP contribution in [0, 0.1) is 12.7 Å². The number of carbonyl (C=O) groups excluding carboxylic acids is 2. The number of hydrogen-bond donors (Lipinski definition) is 1. The van der Waals surface area contributed by atoms with Crippen LogP contribution in [0.15, 0.2) is 18.2 Å². The largest absolute Gasteiger partial charge is 0.390 e. The Morgan fingerprint density at radius 3 is 2.40 bits per heavy atom. The molecule has 3 rings (SSSR count). The van der Waals surface area contributed by atoms with Crippen molar-refractivity contribution >= 4 is 11.8 Å².